The molecule has 2 saturated carbocycles. The molecule has 0 saturated heterocycles. The zero-order valence-electron chi connectivity index (χ0n) is 10.5. The number of rotatable bonds is 2. The Balaban J connectivity index is 2.21. The number of hydrogen-bond acceptors (Lipinski definition) is 2. The molecular weight excluding hydrogens is 186 g/mol. The van der Waals surface area contributed by atoms with E-state index in [1.54, 1.807) is 0 Å². The van der Waals surface area contributed by atoms with Crippen molar-refractivity contribution in [2.75, 3.05) is 6.61 Å². The fourth-order valence-corrected chi connectivity index (χ4v) is 4.08. The highest BCUT2D eigenvalue weighted by Gasteiger charge is 2.63. The van der Waals surface area contributed by atoms with E-state index < -0.39 is 0 Å². The Morgan fingerprint density at radius 3 is 1.93 bits per heavy atom. The molecule has 2 fully saturated rings. The Labute approximate surface area is 93.2 Å². The van der Waals surface area contributed by atoms with E-state index in [0.29, 0.717) is 22.7 Å². The monoisotopic (exact) mass is 211 g/mol. The third-order valence-electron chi connectivity index (χ3n) is 4.97. The summed E-state index contributed by atoms with van der Waals surface area (Å²) in [4.78, 5) is 0. The molecule has 0 heterocycles. The summed E-state index contributed by atoms with van der Waals surface area (Å²) in [6.45, 7) is 9.61. The minimum Gasteiger partial charge on any atom is -0.394 e. The highest BCUT2D eigenvalue weighted by Crippen LogP contribution is 2.64. The van der Waals surface area contributed by atoms with E-state index in [1.165, 1.54) is 12.8 Å². The normalized spacial score (nSPS) is 43.2. The van der Waals surface area contributed by atoms with Gasteiger partial charge < -0.3 is 10.8 Å². The van der Waals surface area contributed by atoms with Crippen molar-refractivity contribution < 1.29 is 5.11 Å². The van der Waals surface area contributed by atoms with E-state index in [1.807, 2.05) is 0 Å². The van der Waals surface area contributed by atoms with Crippen molar-refractivity contribution in [1.29, 1.82) is 0 Å². The number of aliphatic hydroxyl groups is 1. The molecule has 2 atom stereocenters. The van der Waals surface area contributed by atoms with Crippen molar-refractivity contribution in [3.05, 3.63) is 0 Å². The van der Waals surface area contributed by atoms with Gasteiger partial charge in [0.15, 0.2) is 0 Å². The highest BCUT2D eigenvalue weighted by atomic mass is 16.3. The minimum atomic E-state index is -0.260. The third-order valence-corrected chi connectivity index (χ3v) is 4.97. The van der Waals surface area contributed by atoms with Gasteiger partial charge in [0.2, 0.25) is 0 Å². The predicted molar refractivity (Wildman–Crippen MR) is 62.4 cm³/mol. The van der Waals surface area contributed by atoms with Crippen molar-refractivity contribution in [3.8, 4) is 0 Å². The minimum absolute atomic E-state index is 0.153. The summed E-state index contributed by atoms with van der Waals surface area (Å²) in [5.74, 6) is 1.21. The van der Waals surface area contributed by atoms with E-state index in [-0.39, 0.29) is 12.1 Å². The highest BCUT2D eigenvalue weighted by molar-refractivity contribution is 5.16. The Hall–Kier alpha value is -0.0800. The van der Waals surface area contributed by atoms with Gasteiger partial charge in [-0.3, -0.25) is 0 Å². The number of aliphatic hydroxyl groups excluding tert-OH is 1. The molecule has 0 aromatic heterocycles. The summed E-state index contributed by atoms with van der Waals surface area (Å²) in [5.41, 5.74) is 6.69. The third kappa shape index (κ3) is 1.62. The molecule has 0 aromatic carbocycles. The standard InChI is InChI=1S/C13H25NO/c1-11(2)5-6-12(3,4)10(11)9-7-13(9,14)8-15/h9-10,15H,5-8,14H2,1-4H3. The van der Waals surface area contributed by atoms with Crippen LogP contribution in [0, 0.1) is 22.7 Å². The van der Waals surface area contributed by atoms with Gasteiger partial charge in [0.25, 0.3) is 0 Å². The van der Waals surface area contributed by atoms with Crippen molar-refractivity contribution in [3.63, 3.8) is 0 Å². The molecule has 2 aliphatic carbocycles. The summed E-state index contributed by atoms with van der Waals surface area (Å²) < 4.78 is 0. The van der Waals surface area contributed by atoms with Gasteiger partial charge in [-0.25, -0.2) is 0 Å². The maximum absolute atomic E-state index is 9.31. The lowest BCUT2D eigenvalue weighted by atomic mass is 9.69. The second-order valence-corrected chi connectivity index (χ2v) is 7.16. The fourth-order valence-electron chi connectivity index (χ4n) is 4.08. The first-order valence-corrected chi connectivity index (χ1v) is 6.13. The van der Waals surface area contributed by atoms with Crippen LogP contribution in [0.2, 0.25) is 0 Å². The summed E-state index contributed by atoms with van der Waals surface area (Å²) in [6.07, 6.45) is 3.60. The lowest BCUT2D eigenvalue weighted by Gasteiger charge is -2.37. The van der Waals surface area contributed by atoms with Crippen LogP contribution in [-0.2, 0) is 0 Å². The Morgan fingerprint density at radius 1 is 1.13 bits per heavy atom. The summed E-state index contributed by atoms with van der Waals surface area (Å²) in [7, 11) is 0. The summed E-state index contributed by atoms with van der Waals surface area (Å²) >= 11 is 0. The van der Waals surface area contributed by atoms with Crippen LogP contribution in [0.3, 0.4) is 0 Å². The van der Waals surface area contributed by atoms with E-state index in [9.17, 15) is 5.11 Å². The number of nitrogens with two attached hydrogens (primary N) is 1. The second-order valence-electron chi connectivity index (χ2n) is 7.16. The molecule has 0 radical (unpaired) electrons. The SMILES string of the molecule is CC1(C)CCC(C)(C)C1C1CC1(N)CO. The van der Waals surface area contributed by atoms with Crippen LogP contribution >= 0.6 is 0 Å². The van der Waals surface area contributed by atoms with Crippen LogP contribution in [-0.4, -0.2) is 17.3 Å². The summed E-state index contributed by atoms with van der Waals surface area (Å²) in [5, 5.41) is 9.31. The van der Waals surface area contributed by atoms with E-state index in [4.69, 9.17) is 5.73 Å². The van der Waals surface area contributed by atoms with Gasteiger partial charge in [-0.2, -0.15) is 0 Å². The van der Waals surface area contributed by atoms with Crippen LogP contribution in [0.4, 0.5) is 0 Å². The van der Waals surface area contributed by atoms with E-state index in [2.05, 4.69) is 27.7 Å². The van der Waals surface area contributed by atoms with E-state index in [0.717, 1.165) is 6.42 Å². The molecule has 2 unspecified atom stereocenters. The first kappa shape index (κ1) is 11.4. The molecule has 0 spiro atoms. The van der Waals surface area contributed by atoms with Gasteiger partial charge >= 0.3 is 0 Å². The van der Waals surface area contributed by atoms with Gasteiger partial charge in [-0.1, -0.05) is 27.7 Å². The van der Waals surface area contributed by atoms with Crippen molar-refractivity contribution >= 4 is 0 Å². The maximum atomic E-state index is 9.31. The quantitative estimate of drug-likeness (QED) is 0.735. The van der Waals surface area contributed by atoms with Crippen LogP contribution in [0.15, 0.2) is 0 Å². The zero-order chi connectivity index (χ0) is 11.5. The summed E-state index contributed by atoms with van der Waals surface area (Å²) in [6, 6.07) is 0. The molecule has 3 N–H and O–H groups in total. The Kier molecular flexibility index (Phi) is 2.27. The van der Waals surface area contributed by atoms with Crippen LogP contribution < -0.4 is 5.73 Å². The molecule has 15 heavy (non-hydrogen) atoms. The van der Waals surface area contributed by atoms with Gasteiger partial charge in [0, 0.05) is 5.54 Å². The first-order valence-electron chi connectivity index (χ1n) is 6.13. The van der Waals surface area contributed by atoms with Crippen molar-refractivity contribution in [2.24, 2.45) is 28.4 Å². The molecule has 2 aliphatic rings. The second kappa shape index (κ2) is 2.98. The fraction of sp³-hybridized carbons (Fsp3) is 1.00. The number of hydrogen-bond donors (Lipinski definition) is 2. The lowest BCUT2D eigenvalue weighted by Crippen LogP contribution is -2.38. The van der Waals surface area contributed by atoms with Gasteiger partial charge in [-0.05, 0) is 41.9 Å². The van der Waals surface area contributed by atoms with E-state index >= 15 is 0 Å². The molecule has 2 nitrogen and oxygen atoms in total. The van der Waals surface area contributed by atoms with Crippen molar-refractivity contribution in [1.82, 2.24) is 0 Å². The van der Waals surface area contributed by atoms with Crippen LogP contribution in [0.25, 0.3) is 0 Å². The van der Waals surface area contributed by atoms with Gasteiger partial charge in [0.1, 0.15) is 0 Å². The smallest absolute Gasteiger partial charge is 0.0614 e. The van der Waals surface area contributed by atoms with Crippen molar-refractivity contribution in [2.45, 2.75) is 52.5 Å². The Morgan fingerprint density at radius 2 is 1.60 bits per heavy atom. The molecule has 2 heteroatoms. The zero-order valence-corrected chi connectivity index (χ0v) is 10.5. The average Bonchev–Trinajstić information content (AvgIpc) is 2.69. The maximum Gasteiger partial charge on any atom is 0.0614 e. The lowest BCUT2D eigenvalue weighted by molar-refractivity contribution is 0.111. The average molecular weight is 211 g/mol. The molecule has 88 valence electrons. The largest absolute Gasteiger partial charge is 0.394 e. The van der Waals surface area contributed by atoms with Crippen LogP contribution in [0.1, 0.15) is 47.0 Å². The van der Waals surface area contributed by atoms with Gasteiger partial charge in [0.05, 0.1) is 6.61 Å². The topological polar surface area (TPSA) is 46.2 Å². The Bertz CT molecular complexity index is 256. The molecule has 0 aromatic rings. The predicted octanol–water partition coefficient (Wildman–Crippen LogP) is 2.16. The molecule has 0 aliphatic heterocycles. The molecule has 0 amide bonds. The molecule has 0 bridgehead atoms. The first-order chi connectivity index (χ1) is 6.73. The van der Waals surface area contributed by atoms with Gasteiger partial charge in [-0.15, -0.1) is 0 Å². The van der Waals surface area contributed by atoms with Crippen LogP contribution in [0.5, 0.6) is 0 Å². The molecular formula is C13H25NO. The molecule has 2 rings (SSSR count).